The third-order valence-corrected chi connectivity index (χ3v) is 3.85. The molecule has 6 heteroatoms. The largest absolute Gasteiger partial charge is 0.416 e. The zero-order chi connectivity index (χ0) is 15.6. The molecule has 1 amide bonds. The van der Waals surface area contributed by atoms with E-state index in [9.17, 15) is 18.0 Å². The number of amides is 1. The molecule has 1 aliphatic heterocycles. The summed E-state index contributed by atoms with van der Waals surface area (Å²) < 4.78 is 37.4. The van der Waals surface area contributed by atoms with Crippen LogP contribution >= 0.6 is 0 Å². The Balaban J connectivity index is 2.00. The highest BCUT2D eigenvalue weighted by Gasteiger charge is 2.30. The van der Waals surface area contributed by atoms with Crippen LogP contribution in [0.25, 0.3) is 0 Å². The van der Waals surface area contributed by atoms with Crippen molar-refractivity contribution >= 4 is 5.91 Å². The number of halogens is 3. The Morgan fingerprint density at radius 2 is 1.81 bits per heavy atom. The van der Waals surface area contributed by atoms with Gasteiger partial charge in [-0.2, -0.15) is 13.2 Å². The van der Waals surface area contributed by atoms with Crippen LogP contribution in [0, 0.1) is 0 Å². The highest BCUT2D eigenvalue weighted by atomic mass is 19.4. The Labute approximate surface area is 121 Å². The first kappa shape index (κ1) is 15.8. The van der Waals surface area contributed by atoms with Crippen molar-refractivity contribution in [3.63, 3.8) is 0 Å². The molecule has 1 aromatic carbocycles. The molecule has 116 valence electrons. The fourth-order valence-corrected chi connectivity index (χ4v) is 2.59. The van der Waals surface area contributed by atoms with Crippen molar-refractivity contribution < 1.29 is 18.0 Å². The van der Waals surface area contributed by atoms with Gasteiger partial charge in [0, 0.05) is 23.7 Å². The predicted molar refractivity (Wildman–Crippen MR) is 74.0 cm³/mol. The highest BCUT2D eigenvalue weighted by Crippen LogP contribution is 2.29. The van der Waals surface area contributed by atoms with Gasteiger partial charge in [0.15, 0.2) is 0 Å². The third-order valence-electron chi connectivity index (χ3n) is 3.85. The van der Waals surface area contributed by atoms with E-state index in [4.69, 9.17) is 0 Å². The standard InChI is InChI=1S/C15H19F3N2O/c1-9-3-8-13(10(2)19-9)20-14(21)11-4-6-12(7-5-11)15(16,17)18/h4-7,9-10,13,19H,3,8H2,1-2H3,(H,20,21). The number of nitrogens with one attached hydrogen (secondary N) is 2. The Bertz CT molecular complexity index is 499. The van der Waals surface area contributed by atoms with E-state index >= 15 is 0 Å². The fraction of sp³-hybridized carbons (Fsp3) is 0.533. The summed E-state index contributed by atoms with van der Waals surface area (Å²) in [5.41, 5.74) is -0.505. The summed E-state index contributed by atoms with van der Waals surface area (Å²) in [5, 5.41) is 6.23. The summed E-state index contributed by atoms with van der Waals surface area (Å²) in [6.07, 6.45) is -2.56. The zero-order valence-electron chi connectivity index (χ0n) is 12.0. The van der Waals surface area contributed by atoms with Crippen LogP contribution in [0.1, 0.15) is 42.6 Å². The van der Waals surface area contributed by atoms with Crippen molar-refractivity contribution in [1.29, 1.82) is 0 Å². The number of rotatable bonds is 2. The van der Waals surface area contributed by atoms with E-state index in [-0.39, 0.29) is 23.6 Å². The minimum absolute atomic E-state index is 0.00371. The Morgan fingerprint density at radius 3 is 2.33 bits per heavy atom. The summed E-state index contributed by atoms with van der Waals surface area (Å²) in [7, 11) is 0. The summed E-state index contributed by atoms with van der Waals surface area (Å²) in [6.45, 7) is 4.08. The second kappa shape index (κ2) is 6.05. The molecule has 0 radical (unpaired) electrons. The molecule has 1 heterocycles. The number of alkyl halides is 3. The molecule has 1 saturated heterocycles. The lowest BCUT2D eigenvalue weighted by atomic mass is 9.95. The van der Waals surface area contributed by atoms with Gasteiger partial charge in [-0.1, -0.05) is 0 Å². The minimum atomic E-state index is -4.38. The van der Waals surface area contributed by atoms with Gasteiger partial charge in [0.1, 0.15) is 0 Å². The molecule has 3 nitrogen and oxygen atoms in total. The molecular formula is C15H19F3N2O. The second-order valence-electron chi connectivity index (χ2n) is 5.59. The van der Waals surface area contributed by atoms with Gasteiger partial charge in [0.25, 0.3) is 5.91 Å². The minimum Gasteiger partial charge on any atom is -0.348 e. The highest BCUT2D eigenvalue weighted by molar-refractivity contribution is 5.94. The Morgan fingerprint density at radius 1 is 1.19 bits per heavy atom. The average molecular weight is 300 g/mol. The van der Waals surface area contributed by atoms with Crippen LogP contribution < -0.4 is 10.6 Å². The number of hydrogen-bond acceptors (Lipinski definition) is 2. The summed E-state index contributed by atoms with van der Waals surface area (Å²) >= 11 is 0. The second-order valence-corrected chi connectivity index (χ2v) is 5.59. The van der Waals surface area contributed by atoms with Crippen molar-refractivity contribution in [2.45, 2.75) is 51.0 Å². The maximum atomic E-state index is 12.5. The molecule has 2 N–H and O–H groups in total. The molecule has 21 heavy (non-hydrogen) atoms. The van der Waals surface area contributed by atoms with Gasteiger partial charge in [0.05, 0.1) is 5.56 Å². The van der Waals surface area contributed by atoms with Crippen LogP contribution in [-0.4, -0.2) is 24.0 Å². The lowest BCUT2D eigenvalue weighted by molar-refractivity contribution is -0.137. The summed E-state index contributed by atoms with van der Waals surface area (Å²) in [5.74, 6) is -0.336. The molecule has 0 aliphatic carbocycles. The lowest BCUT2D eigenvalue weighted by Crippen LogP contribution is -2.54. The van der Waals surface area contributed by atoms with Crippen molar-refractivity contribution in [2.24, 2.45) is 0 Å². The Kier molecular flexibility index (Phi) is 4.56. The first-order valence-corrected chi connectivity index (χ1v) is 7.01. The first-order valence-electron chi connectivity index (χ1n) is 7.01. The van der Waals surface area contributed by atoms with E-state index in [0.717, 1.165) is 25.0 Å². The first-order chi connectivity index (χ1) is 9.77. The van der Waals surface area contributed by atoms with Crippen LogP contribution in [0.5, 0.6) is 0 Å². The number of hydrogen-bond donors (Lipinski definition) is 2. The van der Waals surface area contributed by atoms with Gasteiger partial charge in [-0.3, -0.25) is 4.79 Å². The average Bonchev–Trinajstić information content (AvgIpc) is 2.41. The van der Waals surface area contributed by atoms with Crippen molar-refractivity contribution in [2.75, 3.05) is 0 Å². The van der Waals surface area contributed by atoms with E-state index in [2.05, 4.69) is 17.6 Å². The Hall–Kier alpha value is -1.56. The van der Waals surface area contributed by atoms with Crippen LogP contribution in [0.2, 0.25) is 0 Å². The van der Waals surface area contributed by atoms with Gasteiger partial charge < -0.3 is 10.6 Å². The van der Waals surface area contributed by atoms with Gasteiger partial charge >= 0.3 is 6.18 Å². The van der Waals surface area contributed by atoms with Gasteiger partial charge in [-0.25, -0.2) is 0 Å². The molecule has 1 aromatic rings. The molecule has 1 fully saturated rings. The monoisotopic (exact) mass is 300 g/mol. The number of carbonyl (C=O) groups is 1. The predicted octanol–water partition coefficient (Wildman–Crippen LogP) is 2.96. The number of benzene rings is 1. The van der Waals surface area contributed by atoms with Crippen molar-refractivity contribution in [3.8, 4) is 0 Å². The van der Waals surface area contributed by atoms with Crippen LogP contribution in [0.3, 0.4) is 0 Å². The molecule has 0 aromatic heterocycles. The van der Waals surface area contributed by atoms with E-state index in [1.807, 2.05) is 6.92 Å². The zero-order valence-corrected chi connectivity index (χ0v) is 12.0. The number of carbonyl (C=O) groups excluding carboxylic acids is 1. The van der Waals surface area contributed by atoms with Crippen LogP contribution in [0.4, 0.5) is 13.2 Å². The van der Waals surface area contributed by atoms with Crippen LogP contribution in [0.15, 0.2) is 24.3 Å². The van der Waals surface area contributed by atoms with Crippen molar-refractivity contribution in [3.05, 3.63) is 35.4 Å². The SMILES string of the molecule is CC1CCC(NC(=O)c2ccc(C(F)(F)F)cc2)C(C)N1. The molecule has 3 atom stereocenters. The van der Waals surface area contributed by atoms with E-state index < -0.39 is 11.7 Å². The molecule has 0 spiro atoms. The number of piperidine rings is 1. The molecule has 3 unspecified atom stereocenters. The summed E-state index contributed by atoms with van der Waals surface area (Å²) in [4.78, 5) is 12.1. The van der Waals surface area contributed by atoms with E-state index in [1.54, 1.807) is 0 Å². The molecule has 0 bridgehead atoms. The fourth-order valence-electron chi connectivity index (χ4n) is 2.59. The topological polar surface area (TPSA) is 41.1 Å². The molecule has 0 saturated carbocycles. The van der Waals surface area contributed by atoms with E-state index in [0.29, 0.717) is 6.04 Å². The molecular weight excluding hydrogens is 281 g/mol. The maximum absolute atomic E-state index is 12.5. The van der Waals surface area contributed by atoms with Gasteiger partial charge in [-0.05, 0) is 51.0 Å². The lowest BCUT2D eigenvalue weighted by Gasteiger charge is -2.34. The third kappa shape index (κ3) is 3.97. The summed E-state index contributed by atoms with van der Waals surface area (Å²) in [6, 6.07) is 4.84. The molecule has 2 rings (SSSR count). The quantitative estimate of drug-likeness (QED) is 0.881. The van der Waals surface area contributed by atoms with Crippen LogP contribution in [-0.2, 0) is 6.18 Å². The smallest absolute Gasteiger partial charge is 0.348 e. The van der Waals surface area contributed by atoms with E-state index in [1.165, 1.54) is 12.1 Å². The normalized spacial score (nSPS) is 26.4. The molecule has 1 aliphatic rings. The van der Waals surface area contributed by atoms with Gasteiger partial charge in [0.2, 0.25) is 0 Å². The maximum Gasteiger partial charge on any atom is 0.416 e. The van der Waals surface area contributed by atoms with Gasteiger partial charge in [-0.15, -0.1) is 0 Å². The van der Waals surface area contributed by atoms with Crippen molar-refractivity contribution in [1.82, 2.24) is 10.6 Å².